The minimum absolute atomic E-state index is 0.0427. The van der Waals surface area contributed by atoms with E-state index in [0.717, 1.165) is 25.1 Å². The van der Waals surface area contributed by atoms with Gasteiger partial charge < -0.3 is 9.84 Å². The first-order valence-corrected chi connectivity index (χ1v) is 9.38. The Morgan fingerprint density at radius 2 is 2.12 bits per heavy atom. The number of carbonyl (C=O) groups is 1. The lowest BCUT2D eigenvalue weighted by atomic mass is 10.0. The Balaban J connectivity index is 1.46. The van der Waals surface area contributed by atoms with E-state index in [0.29, 0.717) is 11.8 Å². The van der Waals surface area contributed by atoms with Crippen molar-refractivity contribution in [2.75, 3.05) is 0 Å². The van der Waals surface area contributed by atoms with Crippen LogP contribution in [0.1, 0.15) is 55.9 Å². The molecular weight excluding hydrogens is 322 g/mol. The van der Waals surface area contributed by atoms with Crippen LogP contribution in [0.5, 0.6) is 0 Å². The van der Waals surface area contributed by atoms with Crippen LogP contribution in [-0.4, -0.2) is 21.3 Å². The van der Waals surface area contributed by atoms with E-state index in [1.54, 1.807) is 11.8 Å². The van der Waals surface area contributed by atoms with Crippen LogP contribution in [0.15, 0.2) is 33.7 Å². The van der Waals surface area contributed by atoms with E-state index in [1.807, 2.05) is 12.1 Å². The summed E-state index contributed by atoms with van der Waals surface area (Å²) < 4.78 is 5.43. The van der Waals surface area contributed by atoms with Gasteiger partial charge >= 0.3 is 0 Å². The largest absolute Gasteiger partial charge is 0.343 e. The van der Waals surface area contributed by atoms with Crippen molar-refractivity contribution >= 4 is 17.7 Å². The summed E-state index contributed by atoms with van der Waals surface area (Å²) >= 11 is 1.63. The fourth-order valence-corrected chi connectivity index (χ4v) is 4.17. The third kappa shape index (κ3) is 3.07. The number of nitrogens with zero attached hydrogens (tertiary/aromatic N) is 2. The van der Waals surface area contributed by atoms with Crippen molar-refractivity contribution in [1.29, 1.82) is 0 Å². The summed E-state index contributed by atoms with van der Waals surface area (Å²) in [7, 11) is 0. The molecule has 1 N–H and O–H groups in total. The van der Waals surface area contributed by atoms with Gasteiger partial charge in [0.05, 0.1) is 5.25 Å². The highest BCUT2D eigenvalue weighted by atomic mass is 32.2. The third-order valence-electron chi connectivity index (χ3n) is 4.57. The van der Waals surface area contributed by atoms with E-state index < -0.39 is 0 Å². The zero-order chi connectivity index (χ0) is 16.7. The molecule has 1 aromatic carbocycles. The van der Waals surface area contributed by atoms with Gasteiger partial charge in [0, 0.05) is 10.8 Å². The van der Waals surface area contributed by atoms with Crippen molar-refractivity contribution in [2.45, 2.75) is 55.2 Å². The summed E-state index contributed by atoms with van der Waals surface area (Å²) in [6, 6.07) is 7.97. The molecule has 2 aromatic rings. The molecule has 1 aliphatic carbocycles. The van der Waals surface area contributed by atoms with Crippen LogP contribution in [0.4, 0.5) is 0 Å². The van der Waals surface area contributed by atoms with E-state index in [2.05, 4.69) is 41.4 Å². The second-order valence-electron chi connectivity index (χ2n) is 6.91. The summed E-state index contributed by atoms with van der Waals surface area (Å²) in [5.41, 5.74) is 1.25. The normalized spacial score (nSPS) is 20.9. The topological polar surface area (TPSA) is 68.0 Å². The summed E-state index contributed by atoms with van der Waals surface area (Å²) in [6.45, 7) is 4.12. The predicted molar refractivity (Wildman–Crippen MR) is 91.8 cm³/mol. The highest BCUT2D eigenvalue weighted by Crippen LogP contribution is 2.39. The van der Waals surface area contributed by atoms with E-state index in [4.69, 9.17) is 4.52 Å². The second-order valence-corrected chi connectivity index (χ2v) is 8.16. The van der Waals surface area contributed by atoms with Gasteiger partial charge in [-0.2, -0.15) is 4.98 Å². The molecule has 1 saturated carbocycles. The van der Waals surface area contributed by atoms with Crippen molar-refractivity contribution in [3.05, 3.63) is 41.5 Å². The Bertz CT molecular complexity index is 729. The minimum Gasteiger partial charge on any atom is -0.343 e. The Labute approximate surface area is 145 Å². The number of carbonyl (C=O) groups excluding carboxylic acids is 1. The molecule has 4 rings (SSSR count). The number of benzene rings is 1. The molecule has 0 spiro atoms. The summed E-state index contributed by atoms with van der Waals surface area (Å²) in [5.74, 6) is 2.00. The van der Waals surface area contributed by atoms with Crippen LogP contribution in [-0.2, 0) is 11.2 Å². The predicted octanol–water partition coefficient (Wildman–Crippen LogP) is 3.48. The lowest BCUT2D eigenvalue weighted by molar-refractivity contribution is -0.121. The fraction of sp³-hybridized carbons (Fsp3) is 0.500. The van der Waals surface area contributed by atoms with Crippen molar-refractivity contribution in [1.82, 2.24) is 15.5 Å². The number of hydrogen-bond donors (Lipinski definition) is 1. The maximum absolute atomic E-state index is 12.7. The number of aromatic nitrogens is 2. The van der Waals surface area contributed by atoms with E-state index in [1.165, 1.54) is 10.5 Å². The lowest BCUT2D eigenvalue weighted by Gasteiger charge is -2.20. The van der Waals surface area contributed by atoms with Gasteiger partial charge in [0.25, 0.3) is 0 Å². The van der Waals surface area contributed by atoms with Crippen LogP contribution in [0.25, 0.3) is 0 Å². The minimum atomic E-state index is -0.234. The highest BCUT2D eigenvalue weighted by Gasteiger charge is 2.34. The number of nitrogens with one attached hydrogen (secondary N) is 1. The van der Waals surface area contributed by atoms with Crippen LogP contribution >= 0.6 is 11.8 Å². The van der Waals surface area contributed by atoms with Crippen LogP contribution in [0, 0.1) is 5.92 Å². The van der Waals surface area contributed by atoms with Crippen LogP contribution in [0.2, 0.25) is 0 Å². The first kappa shape index (κ1) is 15.7. The first-order chi connectivity index (χ1) is 11.6. The van der Waals surface area contributed by atoms with Gasteiger partial charge in [0.2, 0.25) is 11.8 Å². The molecule has 2 heterocycles. The zero-order valence-corrected chi connectivity index (χ0v) is 14.7. The molecule has 1 fully saturated rings. The summed E-state index contributed by atoms with van der Waals surface area (Å²) in [5, 5.41) is 7.11. The van der Waals surface area contributed by atoms with Crippen molar-refractivity contribution < 1.29 is 9.32 Å². The van der Waals surface area contributed by atoms with E-state index >= 15 is 0 Å². The number of hydrogen-bond acceptors (Lipinski definition) is 5. The molecule has 24 heavy (non-hydrogen) atoms. The second kappa shape index (κ2) is 6.24. The molecule has 5 nitrogen and oxygen atoms in total. The van der Waals surface area contributed by atoms with Gasteiger partial charge in [-0.25, -0.2) is 0 Å². The average molecular weight is 343 g/mol. The van der Waals surface area contributed by atoms with Crippen LogP contribution < -0.4 is 5.32 Å². The number of rotatable bonds is 5. The molecule has 126 valence electrons. The molecule has 1 aliphatic heterocycles. The molecule has 1 amide bonds. The van der Waals surface area contributed by atoms with Gasteiger partial charge in [0.1, 0.15) is 6.04 Å². The first-order valence-electron chi connectivity index (χ1n) is 8.50. The summed E-state index contributed by atoms with van der Waals surface area (Å²) in [4.78, 5) is 18.4. The quantitative estimate of drug-likeness (QED) is 0.900. The average Bonchev–Trinajstić information content (AvgIpc) is 3.14. The van der Waals surface area contributed by atoms with Crippen molar-refractivity contribution in [3.63, 3.8) is 0 Å². The van der Waals surface area contributed by atoms with Gasteiger partial charge in [0.15, 0.2) is 5.82 Å². The fourth-order valence-electron chi connectivity index (χ4n) is 2.97. The molecule has 0 saturated heterocycles. The molecule has 0 unspecified atom stereocenters. The van der Waals surface area contributed by atoms with Gasteiger partial charge in [-0.3, -0.25) is 4.79 Å². The van der Waals surface area contributed by atoms with Gasteiger partial charge in [-0.1, -0.05) is 37.2 Å². The number of fused-ring (bicyclic) bond motifs is 1. The lowest BCUT2D eigenvalue weighted by Crippen LogP contribution is -2.37. The maximum atomic E-state index is 12.7. The number of amides is 1. The molecular formula is C18H21N3O2S. The van der Waals surface area contributed by atoms with E-state index in [-0.39, 0.29) is 23.1 Å². The van der Waals surface area contributed by atoms with Crippen molar-refractivity contribution in [3.8, 4) is 0 Å². The van der Waals surface area contributed by atoms with Crippen LogP contribution in [0.3, 0.4) is 0 Å². The summed E-state index contributed by atoms with van der Waals surface area (Å²) in [6.07, 6.45) is 3.04. The Morgan fingerprint density at radius 1 is 1.33 bits per heavy atom. The van der Waals surface area contributed by atoms with Crippen molar-refractivity contribution in [2.24, 2.45) is 5.92 Å². The monoisotopic (exact) mass is 343 g/mol. The number of thioether (sulfide) groups is 1. The Kier molecular flexibility index (Phi) is 4.08. The van der Waals surface area contributed by atoms with E-state index in [9.17, 15) is 4.79 Å². The molecule has 1 aromatic heterocycles. The highest BCUT2D eigenvalue weighted by molar-refractivity contribution is 8.01. The molecule has 6 heteroatoms. The smallest absolute Gasteiger partial charge is 0.249 e. The van der Waals surface area contributed by atoms with Gasteiger partial charge in [-0.05, 0) is 36.8 Å². The van der Waals surface area contributed by atoms with Gasteiger partial charge in [-0.15, -0.1) is 11.8 Å². The standard InChI is InChI=1S/C18H21N3O2S/c1-10(2)15(18-20-16(21-23-18)11-7-8-11)19-17(22)14-9-12-5-3-4-6-13(12)24-14/h3-6,10-11,14-15H,7-9H2,1-2H3,(H,19,22)/t14-,15+/m0/s1. The molecule has 2 atom stereocenters. The third-order valence-corrected chi connectivity index (χ3v) is 5.89. The Morgan fingerprint density at radius 3 is 2.83 bits per heavy atom. The molecule has 0 bridgehead atoms. The SMILES string of the molecule is CC(C)[C@@H](NC(=O)[C@@H]1Cc2ccccc2S1)c1nc(C2CC2)no1. The Hall–Kier alpha value is -1.82. The maximum Gasteiger partial charge on any atom is 0.249 e. The zero-order valence-electron chi connectivity index (χ0n) is 13.9. The molecule has 2 aliphatic rings. The molecule has 0 radical (unpaired) electrons.